The Morgan fingerprint density at radius 1 is 1.13 bits per heavy atom. The molecule has 1 unspecified atom stereocenters. The van der Waals surface area contributed by atoms with Crippen molar-refractivity contribution in [1.29, 1.82) is 0 Å². The summed E-state index contributed by atoms with van der Waals surface area (Å²) in [5.74, 6) is 0.291. The van der Waals surface area contributed by atoms with Gasteiger partial charge in [0, 0.05) is 5.56 Å². The zero-order chi connectivity index (χ0) is 22.9. The van der Waals surface area contributed by atoms with Crippen molar-refractivity contribution in [3.8, 4) is 5.75 Å². The first-order chi connectivity index (χ1) is 14.7. The highest BCUT2D eigenvalue weighted by Crippen LogP contribution is 2.30. The van der Waals surface area contributed by atoms with Gasteiger partial charge >= 0.3 is 6.18 Å². The lowest BCUT2D eigenvalue weighted by Crippen LogP contribution is -2.47. The molecule has 0 bridgehead atoms. The second kappa shape index (κ2) is 11.6. The molecule has 168 valence electrons. The van der Waals surface area contributed by atoms with Gasteiger partial charge < -0.3 is 15.4 Å². The number of thioether (sulfide) groups is 1. The number of hydrogen-bond donors (Lipinski definition) is 2. The molecule has 0 aliphatic carbocycles. The molecule has 0 fully saturated rings. The van der Waals surface area contributed by atoms with E-state index in [1.807, 2.05) is 19.2 Å². The lowest BCUT2D eigenvalue weighted by atomic mass is 10.1. The molecule has 0 heterocycles. The molecule has 2 aromatic carbocycles. The van der Waals surface area contributed by atoms with Gasteiger partial charge in [-0.15, -0.1) is 0 Å². The summed E-state index contributed by atoms with van der Waals surface area (Å²) in [4.78, 5) is 25.0. The van der Waals surface area contributed by atoms with Crippen molar-refractivity contribution in [3.63, 3.8) is 0 Å². The molecule has 9 heteroatoms. The second-order valence-corrected chi connectivity index (χ2v) is 7.82. The zero-order valence-corrected chi connectivity index (χ0v) is 18.1. The van der Waals surface area contributed by atoms with Crippen LogP contribution in [0.4, 0.5) is 13.2 Å². The Morgan fingerprint density at radius 2 is 1.84 bits per heavy atom. The zero-order valence-electron chi connectivity index (χ0n) is 17.3. The predicted molar refractivity (Wildman–Crippen MR) is 115 cm³/mol. The molecule has 5 nitrogen and oxygen atoms in total. The number of ether oxygens (including phenoxy) is 1. The predicted octanol–water partition coefficient (Wildman–Crippen LogP) is 4.06. The number of benzene rings is 2. The van der Waals surface area contributed by atoms with Crippen LogP contribution in [-0.2, 0) is 11.0 Å². The molecule has 2 aromatic rings. The Morgan fingerprint density at radius 3 is 2.45 bits per heavy atom. The molecule has 2 rings (SSSR count). The largest absolute Gasteiger partial charge is 0.492 e. The van der Waals surface area contributed by atoms with Crippen LogP contribution in [0.3, 0.4) is 0 Å². The fourth-order valence-corrected chi connectivity index (χ4v) is 3.21. The van der Waals surface area contributed by atoms with Gasteiger partial charge in [-0.2, -0.15) is 24.9 Å². The van der Waals surface area contributed by atoms with Gasteiger partial charge in [0.1, 0.15) is 18.4 Å². The van der Waals surface area contributed by atoms with E-state index in [1.165, 1.54) is 12.1 Å². The third kappa shape index (κ3) is 8.16. The number of rotatable bonds is 10. The van der Waals surface area contributed by atoms with Crippen molar-refractivity contribution in [2.45, 2.75) is 25.6 Å². The molecule has 0 aliphatic rings. The van der Waals surface area contributed by atoms with Gasteiger partial charge in [0.15, 0.2) is 0 Å². The van der Waals surface area contributed by atoms with Crippen LogP contribution in [0.1, 0.15) is 27.9 Å². The first-order valence-corrected chi connectivity index (χ1v) is 11.0. The first kappa shape index (κ1) is 24.6. The molecule has 0 saturated heterocycles. The van der Waals surface area contributed by atoms with Gasteiger partial charge in [0.05, 0.1) is 12.1 Å². The number of hydrogen-bond acceptors (Lipinski definition) is 4. The van der Waals surface area contributed by atoms with E-state index < -0.39 is 17.8 Å². The van der Waals surface area contributed by atoms with Crippen molar-refractivity contribution in [1.82, 2.24) is 10.6 Å². The van der Waals surface area contributed by atoms with Crippen molar-refractivity contribution in [2.75, 3.05) is 25.2 Å². The average Bonchev–Trinajstić information content (AvgIpc) is 2.73. The minimum atomic E-state index is -4.40. The third-order valence-electron chi connectivity index (χ3n) is 4.36. The topological polar surface area (TPSA) is 67.4 Å². The molecular formula is C22H25F3N2O3S. The SMILES string of the molecule is CSCCC(NC(=O)c1cccc(C)c1)C(=O)NCCOc1ccc(C(F)(F)F)cc1. The fraction of sp³-hybridized carbons (Fsp3) is 0.364. The maximum Gasteiger partial charge on any atom is 0.416 e. The summed E-state index contributed by atoms with van der Waals surface area (Å²) in [5, 5.41) is 5.46. The summed E-state index contributed by atoms with van der Waals surface area (Å²) in [7, 11) is 0. The number of alkyl halides is 3. The smallest absolute Gasteiger partial charge is 0.416 e. The maximum absolute atomic E-state index is 12.6. The van der Waals surface area contributed by atoms with Crippen LogP contribution in [0, 0.1) is 6.92 Å². The number of aryl methyl sites for hydroxylation is 1. The van der Waals surface area contributed by atoms with Gasteiger partial charge in [0.25, 0.3) is 5.91 Å². The molecule has 2 amide bonds. The number of amides is 2. The minimum absolute atomic E-state index is 0.0815. The van der Waals surface area contributed by atoms with E-state index in [0.717, 1.165) is 17.7 Å². The highest BCUT2D eigenvalue weighted by Gasteiger charge is 2.30. The standard InChI is InChI=1S/C22H25F3N2O3S/c1-15-4-3-5-16(14-15)20(28)27-19(10-13-31-2)21(29)26-11-12-30-18-8-6-17(7-9-18)22(23,24)25/h3-9,14,19H,10-13H2,1-2H3,(H,26,29)(H,27,28). The molecule has 0 saturated carbocycles. The normalized spacial score (nSPS) is 12.2. The van der Waals surface area contributed by atoms with E-state index >= 15 is 0 Å². The van der Waals surface area contributed by atoms with Gasteiger partial charge in [-0.05, 0) is 61.8 Å². The van der Waals surface area contributed by atoms with E-state index in [9.17, 15) is 22.8 Å². The molecule has 0 aliphatic heterocycles. The summed E-state index contributed by atoms with van der Waals surface area (Å²) in [6, 6.07) is 10.7. The van der Waals surface area contributed by atoms with E-state index in [4.69, 9.17) is 4.74 Å². The van der Waals surface area contributed by atoms with E-state index in [-0.39, 0.29) is 30.7 Å². The number of halogens is 3. The van der Waals surface area contributed by atoms with Crippen LogP contribution < -0.4 is 15.4 Å². The minimum Gasteiger partial charge on any atom is -0.492 e. The molecule has 0 spiro atoms. The summed E-state index contributed by atoms with van der Waals surface area (Å²) in [6.45, 7) is 2.11. The average molecular weight is 455 g/mol. The monoisotopic (exact) mass is 454 g/mol. The second-order valence-electron chi connectivity index (χ2n) is 6.84. The highest BCUT2D eigenvalue weighted by molar-refractivity contribution is 7.98. The van der Waals surface area contributed by atoms with Crippen molar-refractivity contribution in [2.24, 2.45) is 0 Å². The van der Waals surface area contributed by atoms with Gasteiger partial charge in [-0.3, -0.25) is 9.59 Å². The van der Waals surface area contributed by atoms with Gasteiger partial charge in [0.2, 0.25) is 5.91 Å². The highest BCUT2D eigenvalue weighted by atomic mass is 32.2. The van der Waals surface area contributed by atoms with E-state index in [2.05, 4.69) is 10.6 Å². The summed E-state index contributed by atoms with van der Waals surface area (Å²) < 4.78 is 43.1. The third-order valence-corrected chi connectivity index (χ3v) is 5.01. The number of carbonyl (C=O) groups excluding carboxylic acids is 2. The van der Waals surface area contributed by atoms with E-state index in [1.54, 1.807) is 30.0 Å². The van der Waals surface area contributed by atoms with Crippen LogP contribution in [0.25, 0.3) is 0 Å². The molecule has 2 N–H and O–H groups in total. The Bertz CT molecular complexity index is 873. The first-order valence-electron chi connectivity index (χ1n) is 9.65. The van der Waals surface area contributed by atoms with Crippen molar-refractivity contribution < 1.29 is 27.5 Å². The number of carbonyl (C=O) groups is 2. The lowest BCUT2D eigenvalue weighted by molar-refractivity contribution is -0.137. The van der Waals surface area contributed by atoms with Crippen molar-refractivity contribution >= 4 is 23.6 Å². The summed E-state index contributed by atoms with van der Waals surface area (Å²) >= 11 is 1.57. The van der Waals surface area contributed by atoms with Crippen LogP contribution in [0.2, 0.25) is 0 Å². The van der Waals surface area contributed by atoms with Crippen LogP contribution in [-0.4, -0.2) is 43.0 Å². The lowest BCUT2D eigenvalue weighted by Gasteiger charge is -2.18. The Balaban J connectivity index is 1.85. The quantitative estimate of drug-likeness (QED) is 0.532. The summed E-state index contributed by atoms with van der Waals surface area (Å²) in [5.41, 5.74) is 0.667. The fourth-order valence-electron chi connectivity index (χ4n) is 2.74. The van der Waals surface area contributed by atoms with Gasteiger partial charge in [-0.1, -0.05) is 17.7 Å². The van der Waals surface area contributed by atoms with Gasteiger partial charge in [-0.25, -0.2) is 0 Å². The Labute approximate surface area is 183 Å². The molecular weight excluding hydrogens is 429 g/mol. The molecule has 31 heavy (non-hydrogen) atoms. The molecule has 1 atom stereocenters. The van der Waals surface area contributed by atoms with Crippen molar-refractivity contribution in [3.05, 3.63) is 65.2 Å². The Hall–Kier alpha value is -2.68. The maximum atomic E-state index is 12.6. The summed E-state index contributed by atoms with van der Waals surface area (Å²) in [6.07, 6.45) is -2.03. The van der Waals surface area contributed by atoms with Crippen LogP contribution in [0.15, 0.2) is 48.5 Å². The van der Waals surface area contributed by atoms with E-state index in [0.29, 0.717) is 17.7 Å². The molecule has 0 radical (unpaired) electrons. The Kier molecular flexibility index (Phi) is 9.23. The number of nitrogens with one attached hydrogen (secondary N) is 2. The van der Waals surface area contributed by atoms with Crippen LogP contribution >= 0.6 is 11.8 Å². The van der Waals surface area contributed by atoms with Crippen LogP contribution in [0.5, 0.6) is 5.75 Å². The molecule has 0 aromatic heterocycles.